The van der Waals surface area contributed by atoms with Crippen molar-refractivity contribution in [2.75, 3.05) is 32.7 Å². The van der Waals surface area contributed by atoms with Gasteiger partial charge in [0.15, 0.2) is 0 Å². The van der Waals surface area contributed by atoms with Crippen molar-refractivity contribution in [1.29, 1.82) is 0 Å². The lowest BCUT2D eigenvalue weighted by Gasteiger charge is -2.17. The van der Waals surface area contributed by atoms with Crippen molar-refractivity contribution in [2.24, 2.45) is 0 Å². The van der Waals surface area contributed by atoms with E-state index in [0.29, 0.717) is 0 Å². The first-order valence-corrected chi connectivity index (χ1v) is 8.35. The van der Waals surface area contributed by atoms with E-state index in [1.165, 1.54) is 24.9 Å². The van der Waals surface area contributed by atoms with Crippen molar-refractivity contribution < 1.29 is 5.11 Å². The van der Waals surface area contributed by atoms with Crippen LogP contribution in [0.5, 0.6) is 0 Å². The Morgan fingerprint density at radius 3 is 2.33 bits per heavy atom. The highest BCUT2D eigenvalue weighted by Gasteiger charge is 2.06. The van der Waals surface area contributed by atoms with Gasteiger partial charge in [-0.15, -0.1) is 0 Å². The minimum absolute atomic E-state index is 0.353. The summed E-state index contributed by atoms with van der Waals surface area (Å²) in [6, 6.07) is 8.15. The molecule has 1 rings (SSSR count). The van der Waals surface area contributed by atoms with Crippen molar-refractivity contribution in [3.8, 4) is 0 Å². The van der Waals surface area contributed by atoms with Gasteiger partial charge in [-0.25, -0.2) is 0 Å². The van der Waals surface area contributed by atoms with E-state index in [2.05, 4.69) is 43.1 Å². The summed E-state index contributed by atoms with van der Waals surface area (Å²) in [6.07, 6.45) is 2.87. The van der Waals surface area contributed by atoms with Gasteiger partial charge < -0.3 is 15.3 Å². The predicted octanol–water partition coefficient (Wildman–Crippen LogP) is 3.13. The molecule has 0 spiro atoms. The molecule has 120 valence electrons. The highest BCUT2D eigenvalue weighted by atomic mass is 16.3. The molecule has 0 bridgehead atoms. The first-order valence-electron chi connectivity index (χ1n) is 8.35. The Labute approximate surface area is 130 Å². The molecule has 1 atom stereocenters. The molecule has 21 heavy (non-hydrogen) atoms. The Morgan fingerprint density at radius 2 is 1.71 bits per heavy atom. The van der Waals surface area contributed by atoms with Gasteiger partial charge in [0.2, 0.25) is 0 Å². The normalized spacial score (nSPS) is 12.8. The van der Waals surface area contributed by atoms with Crippen molar-refractivity contribution in [1.82, 2.24) is 10.2 Å². The summed E-state index contributed by atoms with van der Waals surface area (Å²) in [6.45, 7) is 11.9. The highest BCUT2D eigenvalue weighted by Crippen LogP contribution is 2.16. The van der Waals surface area contributed by atoms with E-state index in [-0.39, 0.29) is 6.10 Å². The van der Waals surface area contributed by atoms with Crippen LogP contribution in [0.15, 0.2) is 24.3 Å². The molecule has 0 aliphatic heterocycles. The van der Waals surface area contributed by atoms with Gasteiger partial charge in [-0.05, 0) is 64.5 Å². The maximum Gasteiger partial charge on any atom is 0.0802 e. The topological polar surface area (TPSA) is 35.5 Å². The second kappa shape index (κ2) is 10.8. The van der Waals surface area contributed by atoms with Crippen molar-refractivity contribution in [3.05, 3.63) is 35.4 Å². The molecule has 3 heteroatoms. The highest BCUT2D eigenvalue weighted by molar-refractivity contribution is 5.22. The summed E-state index contributed by atoms with van der Waals surface area (Å²) < 4.78 is 0. The molecule has 0 aromatic heterocycles. The van der Waals surface area contributed by atoms with Gasteiger partial charge in [-0.3, -0.25) is 0 Å². The van der Waals surface area contributed by atoms with Gasteiger partial charge in [0.25, 0.3) is 0 Å². The zero-order valence-corrected chi connectivity index (χ0v) is 13.9. The van der Waals surface area contributed by atoms with E-state index in [4.69, 9.17) is 0 Å². The number of benzene rings is 1. The molecule has 0 saturated carbocycles. The average Bonchev–Trinajstić information content (AvgIpc) is 2.50. The summed E-state index contributed by atoms with van der Waals surface area (Å²) in [5, 5.41) is 13.5. The summed E-state index contributed by atoms with van der Waals surface area (Å²) >= 11 is 0. The number of hydrogen-bond acceptors (Lipinski definition) is 3. The van der Waals surface area contributed by atoms with Gasteiger partial charge in [0.1, 0.15) is 0 Å². The Bertz CT molecular complexity index is 360. The van der Waals surface area contributed by atoms with Gasteiger partial charge in [-0.1, -0.05) is 43.7 Å². The minimum atomic E-state index is -0.353. The van der Waals surface area contributed by atoms with Crippen LogP contribution in [0.2, 0.25) is 0 Å². The SMILES string of the molecule is CCN(CC)CCCCNCCC(O)c1ccc(C)cc1. The third-order valence-corrected chi connectivity index (χ3v) is 4.03. The number of hydrogen-bond donors (Lipinski definition) is 2. The zero-order chi connectivity index (χ0) is 15.5. The second-order valence-electron chi connectivity index (χ2n) is 5.70. The van der Waals surface area contributed by atoms with Gasteiger partial charge in [0, 0.05) is 0 Å². The first-order chi connectivity index (χ1) is 10.2. The molecule has 1 aromatic carbocycles. The van der Waals surface area contributed by atoms with E-state index in [0.717, 1.165) is 38.2 Å². The second-order valence-corrected chi connectivity index (χ2v) is 5.70. The largest absolute Gasteiger partial charge is 0.388 e. The zero-order valence-electron chi connectivity index (χ0n) is 13.9. The summed E-state index contributed by atoms with van der Waals surface area (Å²) in [5.74, 6) is 0. The van der Waals surface area contributed by atoms with Crippen LogP contribution in [0.3, 0.4) is 0 Å². The fourth-order valence-electron chi connectivity index (χ4n) is 2.44. The fourth-order valence-corrected chi connectivity index (χ4v) is 2.44. The fraction of sp³-hybridized carbons (Fsp3) is 0.667. The lowest BCUT2D eigenvalue weighted by atomic mass is 10.1. The van der Waals surface area contributed by atoms with E-state index >= 15 is 0 Å². The molecular formula is C18H32N2O. The lowest BCUT2D eigenvalue weighted by molar-refractivity contribution is 0.167. The molecule has 0 radical (unpaired) electrons. The number of nitrogens with zero attached hydrogens (tertiary/aromatic N) is 1. The molecule has 0 aliphatic rings. The molecule has 0 fully saturated rings. The molecule has 3 nitrogen and oxygen atoms in total. The number of unbranched alkanes of at least 4 members (excludes halogenated alkanes) is 1. The van der Waals surface area contributed by atoms with Crippen molar-refractivity contribution in [3.63, 3.8) is 0 Å². The van der Waals surface area contributed by atoms with Crippen LogP contribution in [-0.4, -0.2) is 42.7 Å². The first kappa shape index (κ1) is 18.1. The predicted molar refractivity (Wildman–Crippen MR) is 90.6 cm³/mol. The third kappa shape index (κ3) is 7.60. The molecule has 0 heterocycles. The standard InChI is InChI=1S/C18H32N2O/c1-4-20(5-2)15-7-6-13-19-14-12-18(21)17-10-8-16(3)9-11-17/h8-11,18-19,21H,4-7,12-15H2,1-3H3. The van der Waals surface area contributed by atoms with Crippen molar-refractivity contribution >= 4 is 0 Å². The van der Waals surface area contributed by atoms with Gasteiger partial charge >= 0.3 is 0 Å². The number of aryl methyl sites for hydroxylation is 1. The summed E-state index contributed by atoms with van der Waals surface area (Å²) in [7, 11) is 0. The molecule has 0 saturated heterocycles. The molecule has 2 N–H and O–H groups in total. The Hall–Kier alpha value is -0.900. The molecule has 0 amide bonds. The maximum atomic E-state index is 10.1. The maximum absolute atomic E-state index is 10.1. The van der Waals surface area contributed by atoms with E-state index < -0.39 is 0 Å². The van der Waals surface area contributed by atoms with Gasteiger partial charge in [0.05, 0.1) is 6.10 Å². The number of aliphatic hydroxyl groups excluding tert-OH is 1. The van der Waals surface area contributed by atoms with E-state index in [1.54, 1.807) is 0 Å². The molecule has 0 aliphatic carbocycles. The smallest absolute Gasteiger partial charge is 0.0802 e. The van der Waals surface area contributed by atoms with Crippen LogP contribution in [0, 0.1) is 6.92 Å². The van der Waals surface area contributed by atoms with E-state index in [1.807, 2.05) is 12.1 Å². The van der Waals surface area contributed by atoms with Crippen LogP contribution in [-0.2, 0) is 0 Å². The Kier molecular flexibility index (Phi) is 9.31. The quantitative estimate of drug-likeness (QED) is 0.615. The van der Waals surface area contributed by atoms with Crippen LogP contribution in [0.4, 0.5) is 0 Å². The average molecular weight is 292 g/mol. The Morgan fingerprint density at radius 1 is 1.05 bits per heavy atom. The summed E-state index contributed by atoms with van der Waals surface area (Å²) in [5.41, 5.74) is 2.25. The van der Waals surface area contributed by atoms with Crippen molar-refractivity contribution in [2.45, 2.75) is 46.1 Å². The van der Waals surface area contributed by atoms with E-state index in [9.17, 15) is 5.11 Å². The Balaban J connectivity index is 2.05. The summed E-state index contributed by atoms with van der Waals surface area (Å²) in [4.78, 5) is 2.46. The molecular weight excluding hydrogens is 260 g/mol. The monoisotopic (exact) mass is 292 g/mol. The molecule has 1 aromatic rings. The number of nitrogens with one attached hydrogen (secondary N) is 1. The van der Waals surface area contributed by atoms with Crippen LogP contribution in [0.1, 0.15) is 50.3 Å². The lowest BCUT2D eigenvalue weighted by Crippen LogP contribution is -2.25. The van der Waals surface area contributed by atoms with Crippen LogP contribution < -0.4 is 5.32 Å². The minimum Gasteiger partial charge on any atom is -0.388 e. The number of aliphatic hydroxyl groups is 1. The van der Waals surface area contributed by atoms with Crippen LogP contribution in [0.25, 0.3) is 0 Å². The third-order valence-electron chi connectivity index (χ3n) is 4.03. The van der Waals surface area contributed by atoms with Crippen LogP contribution >= 0.6 is 0 Å². The number of rotatable bonds is 11. The molecule has 1 unspecified atom stereocenters. The van der Waals surface area contributed by atoms with Gasteiger partial charge in [-0.2, -0.15) is 0 Å².